The van der Waals surface area contributed by atoms with Crippen LogP contribution >= 0.6 is 0 Å². The molecule has 0 radical (unpaired) electrons. The molecule has 1 aromatic heterocycles. The van der Waals surface area contributed by atoms with Crippen LogP contribution in [0.2, 0.25) is 0 Å². The standard InChI is InChI=1S/C22H24F5N5O/c1-33-18-14-16-17(13-15(18)5-4-10-31-8-2-3-9-31)28-20(29-19(16)30-22(25,26)27)32-11-6-21(23,24)7-12-32/h13-14H,2-3,6-12H2,1H3,(H,28,29,30). The van der Waals surface area contributed by atoms with Gasteiger partial charge in [-0.15, -0.1) is 0 Å². The van der Waals surface area contributed by atoms with Crippen LogP contribution in [0, 0.1) is 11.8 Å². The molecule has 178 valence electrons. The Bertz CT molecular complexity index is 1060. The van der Waals surface area contributed by atoms with Gasteiger partial charge in [-0.2, -0.15) is 18.2 Å². The molecule has 0 amide bonds. The number of aromatic nitrogens is 2. The summed E-state index contributed by atoms with van der Waals surface area (Å²) in [5.74, 6) is 3.12. The zero-order valence-corrected chi connectivity index (χ0v) is 18.1. The number of alkyl halides is 5. The second kappa shape index (κ2) is 9.17. The van der Waals surface area contributed by atoms with Gasteiger partial charge in [0.1, 0.15) is 11.6 Å². The van der Waals surface area contributed by atoms with Gasteiger partial charge < -0.3 is 9.64 Å². The molecule has 6 nitrogen and oxygen atoms in total. The minimum absolute atomic E-state index is 0.0362. The van der Waals surface area contributed by atoms with Crippen LogP contribution in [-0.4, -0.2) is 66.9 Å². The molecular formula is C22H24F5N5O. The highest BCUT2D eigenvalue weighted by Gasteiger charge is 2.35. The Morgan fingerprint density at radius 1 is 1.09 bits per heavy atom. The second-order valence-electron chi connectivity index (χ2n) is 8.19. The van der Waals surface area contributed by atoms with E-state index in [4.69, 9.17) is 4.74 Å². The van der Waals surface area contributed by atoms with Gasteiger partial charge in [-0.3, -0.25) is 10.2 Å². The van der Waals surface area contributed by atoms with Crippen LogP contribution in [0.4, 0.5) is 33.7 Å². The van der Waals surface area contributed by atoms with Gasteiger partial charge in [0.15, 0.2) is 0 Å². The Hall–Kier alpha value is -2.87. The summed E-state index contributed by atoms with van der Waals surface area (Å²) >= 11 is 0. The van der Waals surface area contributed by atoms with Crippen molar-refractivity contribution in [1.29, 1.82) is 0 Å². The number of methoxy groups -OCH3 is 1. The Kier molecular flexibility index (Phi) is 6.47. The van der Waals surface area contributed by atoms with Crippen LogP contribution in [0.1, 0.15) is 31.2 Å². The van der Waals surface area contributed by atoms with Crippen LogP contribution in [0.5, 0.6) is 5.75 Å². The van der Waals surface area contributed by atoms with Gasteiger partial charge in [-0.1, -0.05) is 11.8 Å². The molecule has 4 rings (SSSR count). The Balaban J connectivity index is 1.73. The number of hydrogen-bond acceptors (Lipinski definition) is 6. The molecule has 0 aliphatic carbocycles. The number of piperidine rings is 1. The number of halogens is 5. The molecule has 2 aromatic rings. The number of anilines is 2. The summed E-state index contributed by atoms with van der Waals surface area (Å²) in [7, 11) is 1.41. The SMILES string of the molecule is COc1cc2c(NC(F)(F)F)nc(N3CCC(F)(F)CC3)nc2cc1C#CCN1CCCC1. The zero-order chi connectivity index (χ0) is 23.6. The predicted molar refractivity (Wildman–Crippen MR) is 115 cm³/mol. The molecule has 2 aliphatic rings. The van der Waals surface area contributed by atoms with Gasteiger partial charge in [0.25, 0.3) is 5.92 Å². The fourth-order valence-corrected chi connectivity index (χ4v) is 4.00. The molecule has 0 bridgehead atoms. The number of nitrogens with zero attached hydrogens (tertiary/aromatic N) is 4. The first-order valence-corrected chi connectivity index (χ1v) is 10.7. The minimum Gasteiger partial charge on any atom is -0.495 e. The zero-order valence-electron chi connectivity index (χ0n) is 18.1. The molecule has 2 fully saturated rings. The number of rotatable bonds is 4. The quantitative estimate of drug-likeness (QED) is 0.411. The largest absolute Gasteiger partial charge is 0.495 e. The van der Waals surface area contributed by atoms with Crippen molar-refractivity contribution in [3.63, 3.8) is 0 Å². The topological polar surface area (TPSA) is 53.5 Å². The fraction of sp³-hybridized carbons (Fsp3) is 0.545. The number of likely N-dealkylation sites (tertiary alicyclic amines) is 1. The first-order valence-electron chi connectivity index (χ1n) is 10.7. The summed E-state index contributed by atoms with van der Waals surface area (Å²) in [6.45, 7) is 2.45. The molecule has 2 aliphatic heterocycles. The fourth-order valence-electron chi connectivity index (χ4n) is 4.00. The van der Waals surface area contributed by atoms with Crippen molar-refractivity contribution in [2.75, 3.05) is 50.1 Å². The lowest BCUT2D eigenvalue weighted by molar-refractivity contribution is -0.100. The van der Waals surface area contributed by atoms with Crippen LogP contribution in [0.25, 0.3) is 10.9 Å². The lowest BCUT2D eigenvalue weighted by Gasteiger charge is -2.32. The van der Waals surface area contributed by atoms with E-state index in [2.05, 4.69) is 26.7 Å². The van der Waals surface area contributed by atoms with Crippen molar-refractivity contribution >= 4 is 22.7 Å². The van der Waals surface area contributed by atoms with Crippen LogP contribution in [0.15, 0.2) is 12.1 Å². The first-order chi connectivity index (χ1) is 15.6. The van der Waals surface area contributed by atoms with Crippen molar-refractivity contribution in [3.8, 4) is 17.6 Å². The normalized spacial score (nSPS) is 18.8. The second-order valence-corrected chi connectivity index (χ2v) is 8.19. The van der Waals surface area contributed by atoms with Gasteiger partial charge >= 0.3 is 6.30 Å². The summed E-state index contributed by atoms with van der Waals surface area (Å²) in [5, 5.41) is 1.54. The highest BCUT2D eigenvalue weighted by molar-refractivity contribution is 5.92. The average molecular weight is 469 g/mol. The maximum Gasteiger partial charge on any atom is 0.483 e. The van der Waals surface area contributed by atoms with Crippen LogP contribution in [0.3, 0.4) is 0 Å². The number of fused-ring (bicyclic) bond motifs is 1. The Labute approximate surface area is 188 Å². The van der Waals surface area contributed by atoms with E-state index in [0.717, 1.165) is 25.9 Å². The third-order valence-electron chi connectivity index (χ3n) is 5.77. The average Bonchev–Trinajstić information content (AvgIpc) is 3.25. The molecule has 0 unspecified atom stereocenters. The van der Waals surface area contributed by atoms with E-state index in [0.29, 0.717) is 17.9 Å². The maximum absolute atomic E-state index is 13.6. The van der Waals surface area contributed by atoms with E-state index >= 15 is 0 Å². The lowest BCUT2D eigenvalue weighted by atomic mass is 10.1. The van der Waals surface area contributed by atoms with Crippen molar-refractivity contribution < 1.29 is 26.7 Å². The molecule has 2 saturated heterocycles. The third kappa shape index (κ3) is 5.74. The molecule has 33 heavy (non-hydrogen) atoms. The van der Waals surface area contributed by atoms with E-state index < -0.39 is 30.9 Å². The van der Waals surface area contributed by atoms with E-state index in [1.807, 2.05) is 0 Å². The van der Waals surface area contributed by atoms with Gasteiger partial charge in [0, 0.05) is 31.3 Å². The van der Waals surface area contributed by atoms with Gasteiger partial charge in [-0.05, 0) is 38.1 Å². The molecule has 11 heteroatoms. The molecule has 1 N–H and O–H groups in total. The van der Waals surface area contributed by atoms with Gasteiger partial charge in [0.2, 0.25) is 5.95 Å². The van der Waals surface area contributed by atoms with Gasteiger partial charge in [-0.25, -0.2) is 13.8 Å². The Morgan fingerprint density at radius 2 is 1.79 bits per heavy atom. The van der Waals surface area contributed by atoms with Crippen LogP contribution < -0.4 is 15.0 Å². The molecule has 0 saturated carbocycles. The maximum atomic E-state index is 13.6. The summed E-state index contributed by atoms with van der Waals surface area (Å²) in [4.78, 5) is 12.1. The van der Waals surface area contributed by atoms with Crippen molar-refractivity contribution in [3.05, 3.63) is 17.7 Å². The van der Waals surface area contributed by atoms with E-state index in [1.54, 1.807) is 6.07 Å². The molecular weight excluding hydrogens is 445 g/mol. The van der Waals surface area contributed by atoms with Crippen LogP contribution in [-0.2, 0) is 0 Å². The lowest BCUT2D eigenvalue weighted by Crippen LogP contribution is -2.40. The first kappa shape index (κ1) is 23.3. The number of ether oxygens (including phenoxy) is 1. The number of hydrogen-bond donors (Lipinski definition) is 1. The molecule has 0 spiro atoms. The van der Waals surface area contributed by atoms with E-state index in [-0.39, 0.29) is 29.9 Å². The number of nitrogens with one attached hydrogen (secondary N) is 1. The number of benzene rings is 1. The molecule has 1 aromatic carbocycles. The predicted octanol–water partition coefficient (Wildman–Crippen LogP) is 4.25. The van der Waals surface area contributed by atoms with E-state index in [9.17, 15) is 22.0 Å². The summed E-state index contributed by atoms with van der Waals surface area (Å²) in [6.07, 6.45) is -3.29. The monoisotopic (exact) mass is 469 g/mol. The third-order valence-corrected chi connectivity index (χ3v) is 5.77. The van der Waals surface area contributed by atoms with E-state index in [1.165, 1.54) is 23.4 Å². The molecule has 3 heterocycles. The summed E-state index contributed by atoms with van der Waals surface area (Å²) in [5.41, 5.74) is 0.701. The highest BCUT2D eigenvalue weighted by Crippen LogP contribution is 2.34. The van der Waals surface area contributed by atoms with Crippen molar-refractivity contribution in [2.24, 2.45) is 0 Å². The molecule has 0 atom stereocenters. The highest BCUT2D eigenvalue weighted by atomic mass is 19.4. The van der Waals surface area contributed by atoms with Crippen molar-refractivity contribution in [2.45, 2.75) is 37.9 Å². The summed E-state index contributed by atoms with van der Waals surface area (Å²) in [6, 6.07) is 2.97. The summed E-state index contributed by atoms with van der Waals surface area (Å²) < 4.78 is 72.0. The van der Waals surface area contributed by atoms with Gasteiger partial charge in [0.05, 0.1) is 24.7 Å². The minimum atomic E-state index is -4.74. The smallest absolute Gasteiger partial charge is 0.483 e. The van der Waals surface area contributed by atoms with Crippen molar-refractivity contribution in [1.82, 2.24) is 14.9 Å². The Morgan fingerprint density at radius 3 is 2.42 bits per heavy atom.